The van der Waals surface area contributed by atoms with E-state index in [0.717, 1.165) is 0 Å². The Morgan fingerprint density at radius 3 is 2.44 bits per heavy atom. The Morgan fingerprint density at radius 2 is 2.11 bits per heavy atom. The van der Waals surface area contributed by atoms with Gasteiger partial charge in [-0.3, -0.25) is 4.57 Å². The highest BCUT2D eigenvalue weighted by Crippen LogP contribution is 2.34. The molecule has 0 saturated carbocycles. The van der Waals surface area contributed by atoms with Crippen molar-refractivity contribution in [3.8, 4) is 0 Å². The number of hydrogen-bond donors (Lipinski definition) is 2. The molecule has 9 heavy (non-hydrogen) atoms. The quantitative estimate of drug-likeness (QED) is 0.344. The molecule has 0 heterocycles. The highest BCUT2D eigenvalue weighted by molar-refractivity contribution is 7.51. The summed E-state index contributed by atoms with van der Waals surface area (Å²) >= 11 is 0. The normalized spacial score (nSPS) is 11.3. The lowest BCUT2D eigenvalue weighted by Gasteiger charge is -1.99. The lowest BCUT2D eigenvalue weighted by molar-refractivity contribution is 0.372. The fraction of sp³-hybridized carbons (Fsp3) is 0.750. The van der Waals surface area contributed by atoms with E-state index in [4.69, 9.17) is 9.79 Å². The molecule has 0 unspecified atom stereocenters. The molecule has 0 aliphatic heterocycles. The first kappa shape index (κ1) is 8.82. The topological polar surface area (TPSA) is 69.9 Å². The molecule has 0 aliphatic carbocycles. The molecule has 0 aromatic rings. The molecular weight excluding hydrogens is 141 g/mol. The molecule has 5 heteroatoms. The van der Waals surface area contributed by atoms with E-state index in [2.05, 4.69) is 11.7 Å². The molecule has 0 bridgehead atoms. The SMILES string of the molecule is C=NCCCP(=O)(O)O. The van der Waals surface area contributed by atoms with E-state index < -0.39 is 7.60 Å². The second kappa shape index (κ2) is 3.77. The van der Waals surface area contributed by atoms with Crippen molar-refractivity contribution in [1.82, 2.24) is 0 Å². The number of nitrogens with zero attached hydrogens (tertiary/aromatic N) is 1. The summed E-state index contributed by atoms with van der Waals surface area (Å²) in [6.07, 6.45) is 0.319. The van der Waals surface area contributed by atoms with Crippen LogP contribution in [0.1, 0.15) is 6.42 Å². The Labute approximate surface area is 53.8 Å². The summed E-state index contributed by atoms with van der Waals surface area (Å²) in [5.41, 5.74) is 0. The third-order valence-electron chi connectivity index (χ3n) is 0.766. The van der Waals surface area contributed by atoms with Gasteiger partial charge in [0.25, 0.3) is 0 Å². The van der Waals surface area contributed by atoms with Crippen molar-refractivity contribution in [3.63, 3.8) is 0 Å². The average Bonchev–Trinajstić information content (AvgIpc) is 1.63. The van der Waals surface area contributed by atoms with Crippen LogP contribution in [-0.2, 0) is 4.57 Å². The van der Waals surface area contributed by atoms with E-state index in [0.29, 0.717) is 13.0 Å². The van der Waals surface area contributed by atoms with Crippen molar-refractivity contribution in [3.05, 3.63) is 0 Å². The molecule has 0 radical (unpaired) electrons. The van der Waals surface area contributed by atoms with Crippen LogP contribution in [0.3, 0.4) is 0 Å². The summed E-state index contributed by atoms with van der Waals surface area (Å²) in [6, 6.07) is 0. The minimum Gasteiger partial charge on any atom is -0.324 e. The first-order valence-electron chi connectivity index (χ1n) is 2.53. The smallest absolute Gasteiger partial charge is 0.324 e. The van der Waals surface area contributed by atoms with Crippen LogP contribution >= 0.6 is 7.60 Å². The van der Waals surface area contributed by atoms with Crippen molar-refractivity contribution in [2.24, 2.45) is 4.99 Å². The van der Waals surface area contributed by atoms with Crippen LogP contribution in [-0.4, -0.2) is 29.2 Å². The van der Waals surface area contributed by atoms with Gasteiger partial charge in [-0.25, -0.2) is 0 Å². The van der Waals surface area contributed by atoms with Gasteiger partial charge in [0.2, 0.25) is 0 Å². The fourth-order valence-corrected chi connectivity index (χ4v) is 0.942. The maximum absolute atomic E-state index is 10.1. The van der Waals surface area contributed by atoms with Gasteiger partial charge < -0.3 is 14.8 Å². The van der Waals surface area contributed by atoms with Gasteiger partial charge in [-0.15, -0.1) is 0 Å². The molecule has 0 aromatic heterocycles. The third-order valence-corrected chi connectivity index (χ3v) is 1.66. The maximum atomic E-state index is 10.1. The van der Waals surface area contributed by atoms with E-state index in [1.807, 2.05) is 0 Å². The van der Waals surface area contributed by atoms with Crippen molar-refractivity contribution < 1.29 is 14.4 Å². The maximum Gasteiger partial charge on any atom is 0.325 e. The molecule has 4 nitrogen and oxygen atoms in total. The largest absolute Gasteiger partial charge is 0.325 e. The van der Waals surface area contributed by atoms with E-state index in [-0.39, 0.29) is 6.16 Å². The van der Waals surface area contributed by atoms with E-state index >= 15 is 0 Å². The summed E-state index contributed by atoms with van der Waals surface area (Å²) < 4.78 is 10.1. The third kappa shape index (κ3) is 7.82. The molecular formula is C4H10NO3P. The van der Waals surface area contributed by atoms with Crippen molar-refractivity contribution in [1.29, 1.82) is 0 Å². The predicted octanol–water partition coefficient (Wildman–Crippen LogP) is 0.255. The van der Waals surface area contributed by atoms with Crippen LogP contribution in [0.15, 0.2) is 4.99 Å². The van der Waals surface area contributed by atoms with Gasteiger partial charge in [-0.2, -0.15) is 0 Å². The monoisotopic (exact) mass is 151 g/mol. The molecule has 0 aromatic carbocycles. The van der Waals surface area contributed by atoms with Crippen molar-refractivity contribution >= 4 is 14.3 Å². The number of hydrogen-bond acceptors (Lipinski definition) is 2. The Balaban J connectivity index is 3.28. The number of rotatable bonds is 4. The zero-order chi connectivity index (χ0) is 7.33. The van der Waals surface area contributed by atoms with Crippen molar-refractivity contribution in [2.45, 2.75) is 6.42 Å². The molecule has 0 fully saturated rings. The van der Waals surface area contributed by atoms with Crippen LogP contribution < -0.4 is 0 Å². The highest BCUT2D eigenvalue weighted by Gasteiger charge is 2.10. The summed E-state index contributed by atoms with van der Waals surface area (Å²) in [7, 11) is -3.78. The van der Waals surface area contributed by atoms with Crippen LogP contribution in [0, 0.1) is 0 Å². The zero-order valence-corrected chi connectivity index (χ0v) is 5.92. The Hall–Kier alpha value is -0.180. The summed E-state index contributed by atoms with van der Waals surface area (Å²) in [6.45, 7) is 3.60. The van der Waals surface area contributed by atoms with E-state index in [1.165, 1.54) is 0 Å². The van der Waals surface area contributed by atoms with Gasteiger partial charge in [0, 0.05) is 6.54 Å². The molecule has 0 rings (SSSR count). The highest BCUT2D eigenvalue weighted by atomic mass is 31.2. The first-order valence-corrected chi connectivity index (χ1v) is 4.33. The van der Waals surface area contributed by atoms with Crippen LogP contribution in [0.2, 0.25) is 0 Å². The number of aliphatic imine (C=N–C) groups is 1. The summed E-state index contributed by atoms with van der Waals surface area (Å²) in [5, 5.41) is 0. The Kier molecular flexibility index (Phi) is 3.70. The second-order valence-corrected chi connectivity index (χ2v) is 3.47. The molecule has 0 spiro atoms. The lowest BCUT2D eigenvalue weighted by Crippen LogP contribution is -1.89. The Bertz CT molecular complexity index is 130. The first-order chi connectivity index (χ1) is 4.06. The summed E-state index contributed by atoms with van der Waals surface area (Å²) in [5.74, 6) is 0. The fourth-order valence-electron chi connectivity index (χ4n) is 0.388. The van der Waals surface area contributed by atoms with E-state index in [9.17, 15) is 4.57 Å². The van der Waals surface area contributed by atoms with Crippen LogP contribution in [0.25, 0.3) is 0 Å². The van der Waals surface area contributed by atoms with Gasteiger partial charge in [0.1, 0.15) is 0 Å². The standard InChI is InChI=1S/C4H10NO3P/c1-5-3-2-4-9(6,7)8/h1-4H2,(H2,6,7,8). The minimum absolute atomic E-state index is 0.0913. The van der Waals surface area contributed by atoms with Gasteiger partial charge in [0.05, 0.1) is 6.16 Å². The summed E-state index contributed by atoms with van der Waals surface area (Å²) in [4.78, 5) is 20.0. The second-order valence-electron chi connectivity index (χ2n) is 1.69. The molecule has 0 saturated heterocycles. The zero-order valence-electron chi connectivity index (χ0n) is 5.03. The molecule has 54 valence electrons. The minimum atomic E-state index is -3.78. The predicted molar refractivity (Wildman–Crippen MR) is 35.9 cm³/mol. The molecule has 0 amide bonds. The molecule has 0 aliphatic rings. The Morgan fingerprint density at radius 1 is 1.56 bits per heavy atom. The van der Waals surface area contributed by atoms with Crippen LogP contribution in [0.5, 0.6) is 0 Å². The van der Waals surface area contributed by atoms with E-state index in [1.54, 1.807) is 0 Å². The molecule has 2 N–H and O–H groups in total. The van der Waals surface area contributed by atoms with Gasteiger partial charge in [-0.1, -0.05) is 0 Å². The van der Waals surface area contributed by atoms with Crippen molar-refractivity contribution in [2.75, 3.05) is 12.7 Å². The lowest BCUT2D eigenvalue weighted by atomic mass is 10.5. The van der Waals surface area contributed by atoms with Gasteiger partial charge in [-0.05, 0) is 13.1 Å². The van der Waals surface area contributed by atoms with Gasteiger partial charge in [0.15, 0.2) is 0 Å². The van der Waals surface area contributed by atoms with Crippen LogP contribution in [0.4, 0.5) is 0 Å². The van der Waals surface area contributed by atoms with Gasteiger partial charge >= 0.3 is 7.60 Å². The average molecular weight is 151 g/mol. The molecule has 0 atom stereocenters.